The highest BCUT2D eigenvalue weighted by atomic mass is 16.4. The second-order valence-electron chi connectivity index (χ2n) is 4.00. The van der Waals surface area contributed by atoms with Crippen molar-refractivity contribution in [1.82, 2.24) is 4.90 Å². The third-order valence-corrected chi connectivity index (χ3v) is 2.95. The van der Waals surface area contributed by atoms with E-state index in [9.17, 15) is 4.79 Å². The van der Waals surface area contributed by atoms with Crippen molar-refractivity contribution in [2.45, 2.75) is 32.1 Å². The van der Waals surface area contributed by atoms with Crippen molar-refractivity contribution in [3.63, 3.8) is 0 Å². The number of rotatable bonds is 4. The van der Waals surface area contributed by atoms with E-state index in [0.29, 0.717) is 13.1 Å². The van der Waals surface area contributed by atoms with Gasteiger partial charge in [0, 0.05) is 13.1 Å². The van der Waals surface area contributed by atoms with Crippen molar-refractivity contribution < 1.29 is 9.90 Å². The summed E-state index contributed by atoms with van der Waals surface area (Å²) in [6.45, 7) is 2.19. The molecule has 0 spiro atoms. The zero-order chi connectivity index (χ0) is 10.4. The maximum Gasteiger partial charge on any atom is 0.407 e. The van der Waals surface area contributed by atoms with Gasteiger partial charge in [-0.15, -0.1) is 0 Å². The number of amides is 1. The Labute approximate surface area is 85.1 Å². The van der Waals surface area contributed by atoms with Gasteiger partial charge in [0.05, 0.1) is 0 Å². The van der Waals surface area contributed by atoms with Crippen LogP contribution in [0.1, 0.15) is 32.1 Å². The SMILES string of the molecule is NCCCCC1CCN(C(=O)O)CC1. The van der Waals surface area contributed by atoms with Crippen LogP contribution in [-0.4, -0.2) is 35.7 Å². The molecule has 1 fully saturated rings. The third-order valence-electron chi connectivity index (χ3n) is 2.95. The number of carboxylic acid groups (broad SMARTS) is 1. The smallest absolute Gasteiger partial charge is 0.407 e. The van der Waals surface area contributed by atoms with Gasteiger partial charge in [0.15, 0.2) is 0 Å². The van der Waals surface area contributed by atoms with Gasteiger partial charge in [0.2, 0.25) is 0 Å². The van der Waals surface area contributed by atoms with Gasteiger partial charge in [-0.3, -0.25) is 0 Å². The molecule has 3 N–H and O–H groups in total. The standard InChI is InChI=1S/C10H20N2O2/c11-6-2-1-3-9-4-7-12(8-5-9)10(13)14/h9H,1-8,11H2,(H,13,14). The van der Waals surface area contributed by atoms with Gasteiger partial charge in [-0.2, -0.15) is 0 Å². The van der Waals surface area contributed by atoms with Crippen LogP contribution in [0.25, 0.3) is 0 Å². The van der Waals surface area contributed by atoms with Crippen LogP contribution in [0, 0.1) is 5.92 Å². The fourth-order valence-corrected chi connectivity index (χ4v) is 1.99. The lowest BCUT2D eigenvalue weighted by Gasteiger charge is -2.29. The number of likely N-dealkylation sites (tertiary alicyclic amines) is 1. The molecule has 1 heterocycles. The monoisotopic (exact) mass is 200 g/mol. The minimum Gasteiger partial charge on any atom is -0.465 e. The molecule has 0 aromatic heterocycles. The molecule has 0 aliphatic carbocycles. The topological polar surface area (TPSA) is 66.6 Å². The Kier molecular flexibility index (Phi) is 4.73. The summed E-state index contributed by atoms with van der Waals surface area (Å²) in [5.74, 6) is 0.720. The van der Waals surface area contributed by atoms with Crippen LogP contribution in [-0.2, 0) is 0 Å². The first-order valence-corrected chi connectivity index (χ1v) is 5.42. The summed E-state index contributed by atoms with van der Waals surface area (Å²) in [5, 5.41) is 8.75. The second kappa shape index (κ2) is 5.86. The summed E-state index contributed by atoms with van der Waals surface area (Å²) < 4.78 is 0. The van der Waals surface area contributed by atoms with E-state index in [4.69, 9.17) is 10.8 Å². The molecule has 4 heteroatoms. The molecule has 0 radical (unpaired) electrons. The highest BCUT2D eigenvalue weighted by Gasteiger charge is 2.21. The zero-order valence-corrected chi connectivity index (χ0v) is 8.61. The molecule has 0 aromatic carbocycles. The van der Waals surface area contributed by atoms with E-state index in [1.807, 2.05) is 0 Å². The first-order chi connectivity index (χ1) is 6.74. The maximum atomic E-state index is 10.6. The lowest BCUT2D eigenvalue weighted by atomic mass is 9.92. The highest BCUT2D eigenvalue weighted by Crippen LogP contribution is 2.22. The first kappa shape index (κ1) is 11.3. The van der Waals surface area contributed by atoms with Crippen molar-refractivity contribution in [1.29, 1.82) is 0 Å². The zero-order valence-electron chi connectivity index (χ0n) is 8.61. The van der Waals surface area contributed by atoms with E-state index >= 15 is 0 Å². The third kappa shape index (κ3) is 3.54. The molecule has 0 aromatic rings. The molecular weight excluding hydrogens is 180 g/mol. The molecule has 4 nitrogen and oxygen atoms in total. The fourth-order valence-electron chi connectivity index (χ4n) is 1.99. The number of hydrogen-bond acceptors (Lipinski definition) is 2. The first-order valence-electron chi connectivity index (χ1n) is 5.42. The van der Waals surface area contributed by atoms with E-state index in [-0.39, 0.29) is 0 Å². The molecule has 1 aliphatic heterocycles. The van der Waals surface area contributed by atoms with Crippen LogP contribution in [0.5, 0.6) is 0 Å². The number of carbonyl (C=O) groups is 1. The molecular formula is C10H20N2O2. The second-order valence-corrected chi connectivity index (χ2v) is 4.00. The van der Waals surface area contributed by atoms with Crippen LogP contribution < -0.4 is 5.73 Å². The summed E-state index contributed by atoms with van der Waals surface area (Å²) in [6, 6.07) is 0. The maximum absolute atomic E-state index is 10.6. The van der Waals surface area contributed by atoms with Gasteiger partial charge in [-0.25, -0.2) is 4.79 Å². The van der Waals surface area contributed by atoms with Crippen molar-refractivity contribution in [2.75, 3.05) is 19.6 Å². The van der Waals surface area contributed by atoms with Crippen LogP contribution in [0.3, 0.4) is 0 Å². The van der Waals surface area contributed by atoms with E-state index in [1.54, 1.807) is 0 Å². The molecule has 1 saturated heterocycles. The van der Waals surface area contributed by atoms with E-state index < -0.39 is 6.09 Å². The van der Waals surface area contributed by atoms with Crippen molar-refractivity contribution in [2.24, 2.45) is 11.7 Å². The van der Waals surface area contributed by atoms with Gasteiger partial charge >= 0.3 is 6.09 Å². The number of nitrogens with two attached hydrogens (primary N) is 1. The van der Waals surface area contributed by atoms with Gasteiger partial charge in [-0.1, -0.05) is 12.8 Å². The highest BCUT2D eigenvalue weighted by molar-refractivity contribution is 5.64. The minimum atomic E-state index is -0.773. The van der Waals surface area contributed by atoms with Gasteiger partial charge < -0.3 is 15.7 Å². The Morgan fingerprint density at radius 1 is 1.36 bits per heavy atom. The Morgan fingerprint density at radius 2 is 2.00 bits per heavy atom. The van der Waals surface area contributed by atoms with Gasteiger partial charge in [0.1, 0.15) is 0 Å². The molecule has 0 unspecified atom stereocenters. The van der Waals surface area contributed by atoms with Crippen molar-refractivity contribution >= 4 is 6.09 Å². The Bertz CT molecular complexity index is 177. The number of piperidine rings is 1. The van der Waals surface area contributed by atoms with Crippen molar-refractivity contribution in [3.05, 3.63) is 0 Å². The Balaban J connectivity index is 2.12. The van der Waals surface area contributed by atoms with E-state index in [1.165, 1.54) is 17.7 Å². The van der Waals surface area contributed by atoms with E-state index in [2.05, 4.69) is 0 Å². The summed E-state index contributed by atoms with van der Waals surface area (Å²) >= 11 is 0. The number of hydrogen-bond donors (Lipinski definition) is 2. The normalized spacial score (nSPS) is 18.5. The summed E-state index contributed by atoms with van der Waals surface area (Å²) in [7, 11) is 0. The lowest BCUT2D eigenvalue weighted by Crippen LogP contribution is -2.37. The lowest BCUT2D eigenvalue weighted by molar-refractivity contribution is 0.122. The number of nitrogens with zero attached hydrogens (tertiary/aromatic N) is 1. The number of unbranched alkanes of at least 4 members (excludes halogenated alkanes) is 1. The Hall–Kier alpha value is -0.770. The summed E-state index contributed by atoms with van der Waals surface area (Å²) in [6.07, 6.45) is 4.77. The predicted octanol–water partition coefficient (Wildman–Crippen LogP) is 1.51. The summed E-state index contributed by atoms with van der Waals surface area (Å²) in [4.78, 5) is 12.1. The van der Waals surface area contributed by atoms with Crippen LogP contribution in [0.2, 0.25) is 0 Å². The predicted molar refractivity (Wildman–Crippen MR) is 55.2 cm³/mol. The molecule has 1 amide bonds. The van der Waals surface area contributed by atoms with E-state index in [0.717, 1.165) is 31.7 Å². The van der Waals surface area contributed by atoms with Crippen LogP contribution in [0.4, 0.5) is 4.79 Å². The minimum absolute atomic E-state index is 0.711. The molecule has 1 aliphatic rings. The Morgan fingerprint density at radius 3 is 2.50 bits per heavy atom. The molecule has 0 atom stereocenters. The fraction of sp³-hybridized carbons (Fsp3) is 0.900. The molecule has 0 saturated carbocycles. The molecule has 82 valence electrons. The van der Waals surface area contributed by atoms with Gasteiger partial charge in [0.25, 0.3) is 0 Å². The molecule has 1 rings (SSSR count). The quantitative estimate of drug-likeness (QED) is 0.676. The summed E-state index contributed by atoms with van der Waals surface area (Å²) in [5.41, 5.74) is 5.42. The average molecular weight is 200 g/mol. The van der Waals surface area contributed by atoms with Gasteiger partial charge in [-0.05, 0) is 31.7 Å². The van der Waals surface area contributed by atoms with Crippen LogP contribution >= 0.6 is 0 Å². The average Bonchev–Trinajstić information content (AvgIpc) is 2.19. The van der Waals surface area contributed by atoms with Crippen LogP contribution in [0.15, 0.2) is 0 Å². The molecule has 14 heavy (non-hydrogen) atoms. The largest absolute Gasteiger partial charge is 0.465 e. The van der Waals surface area contributed by atoms with Crippen molar-refractivity contribution in [3.8, 4) is 0 Å². The molecule has 0 bridgehead atoms.